The molecule has 11 heteroatoms. The van der Waals surface area contributed by atoms with Crippen molar-refractivity contribution in [1.29, 1.82) is 0 Å². The second kappa shape index (κ2) is 12.0. The number of carbonyl (C=O) groups is 2. The number of esters is 1. The molecule has 1 aromatic rings. The second-order valence-corrected chi connectivity index (χ2v) is 19.8. The van der Waals surface area contributed by atoms with Crippen molar-refractivity contribution in [2.45, 2.75) is 149 Å². The molecule has 290 valence electrons. The third-order valence-electron chi connectivity index (χ3n) is 16.7. The summed E-state index contributed by atoms with van der Waals surface area (Å²) >= 11 is 0. The van der Waals surface area contributed by atoms with Crippen molar-refractivity contribution in [3.05, 3.63) is 18.2 Å². The molecule has 7 fully saturated rings. The minimum Gasteiger partial charge on any atom is -0.457 e. The fraction of sp³-hybridized carbons (Fsp3) is 0.878. The highest BCUT2D eigenvalue weighted by Gasteiger charge is 2.84. The van der Waals surface area contributed by atoms with E-state index in [0.29, 0.717) is 43.6 Å². The Morgan fingerprint density at radius 1 is 1.08 bits per heavy atom. The predicted molar refractivity (Wildman–Crippen MR) is 192 cm³/mol. The van der Waals surface area contributed by atoms with Gasteiger partial charge in [-0.2, -0.15) is 0 Å². The van der Waals surface area contributed by atoms with Crippen molar-refractivity contribution in [1.82, 2.24) is 14.5 Å². The molecule has 0 unspecified atom stereocenters. The quantitative estimate of drug-likeness (QED) is 0.384. The van der Waals surface area contributed by atoms with Crippen LogP contribution in [-0.2, 0) is 30.8 Å². The topological polar surface area (TPSA) is 133 Å². The van der Waals surface area contributed by atoms with E-state index in [9.17, 15) is 19.8 Å². The summed E-state index contributed by atoms with van der Waals surface area (Å²) in [6.07, 6.45) is 9.10. The number of hydrogen-bond acceptors (Lipinski definition) is 9. The van der Waals surface area contributed by atoms with Crippen LogP contribution in [-0.4, -0.2) is 98.6 Å². The molecule has 7 aliphatic rings. The average molecular weight is 726 g/mol. The van der Waals surface area contributed by atoms with E-state index < -0.39 is 36.2 Å². The molecule has 0 radical (unpaired) electrons. The first-order valence-corrected chi connectivity index (χ1v) is 20.1. The molecule has 0 bridgehead atoms. The number of amides is 1. The van der Waals surface area contributed by atoms with E-state index in [1.165, 1.54) is 19.8 Å². The molecule has 11 nitrogen and oxygen atoms in total. The van der Waals surface area contributed by atoms with Crippen LogP contribution >= 0.6 is 0 Å². The molecule has 5 aliphatic carbocycles. The Balaban J connectivity index is 1.00. The number of ether oxygens (including phenoxy) is 4. The average Bonchev–Trinajstić information content (AvgIpc) is 3.47. The van der Waals surface area contributed by atoms with Crippen LogP contribution < -0.4 is 0 Å². The summed E-state index contributed by atoms with van der Waals surface area (Å²) in [4.78, 5) is 31.4. The van der Waals surface area contributed by atoms with E-state index in [1.807, 2.05) is 11.9 Å². The first-order valence-electron chi connectivity index (χ1n) is 20.1. The van der Waals surface area contributed by atoms with Crippen molar-refractivity contribution in [3.8, 4) is 0 Å². The van der Waals surface area contributed by atoms with Gasteiger partial charge in [-0.3, -0.25) is 9.59 Å². The number of nitrogens with zero attached hydrogens (tertiary/aromatic N) is 3. The SMILES string of the molecule is CC(=O)O[C@@H]([C@H]1C[C@@H](C)[C@H]2[C@H](O1)[C@H](O)[C@@]1(C)[C@@H]3CC[C@H]4C(C)(C)[C@@H](O[C@H]5CN(C(=O)c6cn(C)cn6)CCO5)CC[C@@]45C[C@@]35CC[C@]21C)C(C)(C)O. The maximum absolute atomic E-state index is 13.2. The lowest BCUT2D eigenvalue weighted by Gasteiger charge is -2.64. The van der Waals surface area contributed by atoms with E-state index >= 15 is 0 Å². The zero-order chi connectivity index (χ0) is 37.4. The summed E-state index contributed by atoms with van der Waals surface area (Å²) in [6, 6.07) is 0. The number of aryl methyl sites for hydroxylation is 1. The van der Waals surface area contributed by atoms with Gasteiger partial charge < -0.3 is 38.6 Å². The minimum absolute atomic E-state index is 0.0312. The van der Waals surface area contributed by atoms with Gasteiger partial charge in [-0.25, -0.2) is 4.98 Å². The highest BCUT2D eigenvalue weighted by Crippen LogP contribution is 2.89. The van der Waals surface area contributed by atoms with Crippen molar-refractivity contribution in [3.63, 3.8) is 0 Å². The Morgan fingerprint density at radius 2 is 1.79 bits per heavy atom. The smallest absolute Gasteiger partial charge is 0.303 e. The molecule has 5 saturated carbocycles. The number of aromatic nitrogens is 2. The number of hydrogen-bond donors (Lipinski definition) is 2. The lowest BCUT2D eigenvalue weighted by molar-refractivity contribution is -0.245. The molecular weight excluding hydrogens is 662 g/mol. The largest absolute Gasteiger partial charge is 0.457 e. The van der Waals surface area contributed by atoms with Gasteiger partial charge in [-0.1, -0.05) is 34.6 Å². The standard InChI is InChI=1S/C41H63N3O8/c1-23-18-26(34(37(5,6)48)50-24(2)45)51-32-31(23)38(7)14-15-41-21-40(41)13-12-29(36(3,4)27(40)10-11-28(41)39(38,8)33(32)46)52-30-20-44(16-17-49-30)35(47)25-19-43(9)22-42-25/h19,22-23,26-34,46,48H,10-18,20-21H2,1-9H3/t23-,26-,27+,28+,29+,30+,31+,32+,33+,34+,38-,39-,40-,41+/m1/s1. The van der Waals surface area contributed by atoms with Crippen LogP contribution in [0.1, 0.15) is 117 Å². The summed E-state index contributed by atoms with van der Waals surface area (Å²) in [6.45, 7) is 18.0. The van der Waals surface area contributed by atoms with Crippen LogP contribution in [0.15, 0.2) is 12.5 Å². The number of aliphatic hydroxyl groups excluding tert-OH is 1. The van der Waals surface area contributed by atoms with Gasteiger partial charge in [0, 0.05) is 32.1 Å². The molecule has 8 rings (SSSR count). The van der Waals surface area contributed by atoms with Crippen molar-refractivity contribution < 1.29 is 38.7 Å². The van der Waals surface area contributed by atoms with Crippen molar-refractivity contribution >= 4 is 11.9 Å². The molecule has 3 heterocycles. The van der Waals surface area contributed by atoms with E-state index in [-0.39, 0.29) is 57.0 Å². The Bertz CT molecular complexity index is 1590. The molecule has 2 saturated heterocycles. The summed E-state index contributed by atoms with van der Waals surface area (Å²) in [5.74, 6) is 0.816. The Kier molecular flexibility index (Phi) is 8.50. The van der Waals surface area contributed by atoms with E-state index in [2.05, 4.69) is 39.6 Å². The monoisotopic (exact) mass is 725 g/mol. The number of morpholine rings is 1. The number of carbonyl (C=O) groups excluding carboxylic acids is 2. The fourth-order valence-corrected chi connectivity index (χ4v) is 14.4. The van der Waals surface area contributed by atoms with Crippen LogP contribution in [0.4, 0.5) is 0 Å². The molecule has 2 N–H and O–H groups in total. The molecular formula is C41H63N3O8. The van der Waals surface area contributed by atoms with E-state index in [4.69, 9.17) is 18.9 Å². The summed E-state index contributed by atoms with van der Waals surface area (Å²) in [5.41, 5.74) is -0.866. The van der Waals surface area contributed by atoms with Gasteiger partial charge in [0.2, 0.25) is 0 Å². The van der Waals surface area contributed by atoms with Crippen LogP contribution in [0.2, 0.25) is 0 Å². The maximum atomic E-state index is 13.2. The normalized spacial score (nSPS) is 46.9. The molecule has 14 atom stereocenters. The first kappa shape index (κ1) is 36.9. The van der Waals surface area contributed by atoms with Gasteiger partial charge in [-0.05, 0) is 111 Å². The van der Waals surface area contributed by atoms with Crippen LogP contribution in [0.25, 0.3) is 0 Å². The zero-order valence-electron chi connectivity index (χ0n) is 32.9. The van der Waals surface area contributed by atoms with Crippen LogP contribution in [0.3, 0.4) is 0 Å². The highest BCUT2D eigenvalue weighted by atomic mass is 16.7. The number of fused-ring (bicyclic) bond motifs is 4. The highest BCUT2D eigenvalue weighted by molar-refractivity contribution is 5.92. The summed E-state index contributed by atoms with van der Waals surface area (Å²) in [7, 11) is 1.87. The maximum Gasteiger partial charge on any atom is 0.303 e. The number of rotatable bonds is 6. The molecule has 0 aromatic carbocycles. The molecule has 1 aromatic heterocycles. The van der Waals surface area contributed by atoms with Crippen molar-refractivity contribution in [2.75, 3.05) is 19.7 Å². The Morgan fingerprint density at radius 3 is 2.46 bits per heavy atom. The Hall–Kier alpha value is -2.05. The van der Waals surface area contributed by atoms with Gasteiger partial charge in [0.25, 0.3) is 5.91 Å². The lowest BCUT2D eigenvalue weighted by Crippen LogP contribution is -2.60. The van der Waals surface area contributed by atoms with E-state index in [0.717, 1.165) is 32.1 Å². The van der Waals surface area contributed by atoms with Gasteiger partial charge >= 0.3 is 5.97 Å². The van der Waals surface area contributed by atoms with Gasteiger partial charge in [0.05, 0.1) is 49.5 Å². The van der Waals surface area contributed by atoms with Crippen molar-refractivity contribution in [2.24, 2.45) is 57.8 Å². The Labute approximate surface area is 309 Å². The number of imidazole rings is 1. The third kappa shape index (κ3) is 5.03. The van der Waals surface area contributed by atoms with Gasteiger partial charge in [0.15, 0.2) is 12.4 Å². The zero-order valence-corrected chi connectivity index (χ0v) is 32.9. The fourth-order valence-electron chi connectivity index (χ4n) is 14.4. The summed E-state index contributed by atoms with van der Waals surface area (Å²) < 4.78 is 27.3. The van der Waals surface area contributed by atoms with Gasteiger partial charge in [-0.15, -0.1) is 0 Å². The molecule has 2 spiro atoms. The first-order chi connectivity index (χ1) is 24.3. The lowest BCUT2D eigenvalue weighted by atomic mass is 9.41. The second-order valence-electron chi connectivity index (χ2n) is 19.8. The third-order valence-corrected chi connectivity index (χ3v) is 16.7. The number of aliphatic hydroxyl groups is 2. The van der Waals surface area contributed by atoms with Crippen LogP contribution in [0, 0.1) is 50.7 Å². The molecule has 2 aliphatic heterocycles. The minimum atomic E-state index is -1.27. The van der Waals surface area contributed by atoms with Gasteiger partial charge in [0.1, 0.15) is 5.69 Å². The molecule has 52 heavy (non-hydrogen) atoms. The predicted octanol–water partition coefficient (Wildman–Crippen LogP) is 5.12. The summed E-state index contributed by atoms with van der Waals surface area (Å²) in [5, 5.41) is 23.7. The van der Waals surface area contributed by atoms with E-state index in [1.54, 1.807) is 30.9 Å². The van der Waals surface area contributed by atoms with Crippen LogP contribution in [0.5, 0.6) is 0 Å². The molecule has 1 amide bonds.